The smallest absolute Gasteiger partial charge is 0.339 e. The van der Waals surface area contributed by atoms with Gasteiger partial charge in [0.05, 0.1) is 12.1 Å². The number of carbonyl (C=O) groups excluding carboxylic acids is 1. The third-order valence-electron chi connectivity index (χ3n) is 3.06. The topological polar surface area (TPSA) is 42.3 Å². The van der Waals surface area contributed by atoms with Crippen molar-refractivity contribution >= 4 is 33.2 Å². The fourth-order valence-corrected chi connectivity index (χ4v) is 3.35. The van der Waals surface area contributed by atoms with Crippen LogP contribution < -0.4 is 5.56 Å². The molecular weight excluding hydrogens is 397 g/mol. The minimum atomic E-state index is -4.56. The highest BCUT2D eigenvalue weighted by molar-refractivity contribution is 9.10. The highest BCUT2D eigenvalue weighted by atomic mass is 79.9. The van der Waals surface area contributed by atoms with E-state index in [1.54, 1.807) is 0 Å². The Morgan fingerprint density at radius 3 is 2.65 bits per heavy atom. The molecule has 2 heterocycles. The fourth-order valence-electron chi connectivity index (χ4n) is 1.85. The van der Waals surface area contributed by atoms with Crippen LogP contribution >= 0.6 is 27.3 Å². The van der Waals surface area contributed by atoms with Crippen LogP contribution in [0.2, 0.25) is 0 Å². The lowest BCUT2D eigenvalue weighted by Gasteiger charge is -2.17. The second-order valence-corrected chi connectivity index (χ2v) is 6.77. The molecule has 0 aliphatic carbocycles. The highest BCUT2D eigenvalue weighted by Gasteiger charge is 2.31. The van der Waals surface area contributed by atoms with Crippen molar-refractivity contribution in [2.24, 2.45) is 0 Å². The Morgan fingerprint density at radius 2 is 2.09 bits per heavy atom. The largest absolute Gasteiger partial charge is 0.417 e. The number of alkyl halides is 3. The van der Waals surface area contributed by atoms with E-state index in [0.29, 0.717) is 18.8 Å². The van der Waals surface area contributed by atoms with Crippen molar-refractivity contribution in [3.63, 3.8) is 0 Å². The van der Waals surface area contributed by atoms with Crippen LogP contribution in [0.3, 0.4) is 0 Å². The van der Waals surface area contributed by atoms with E-state index in [-0.39, 0.29) is 0 Å². The van der Waals surface area contributed by atoms with Crippen molar-refractivity contribution in [1.82, 2.24) is 9.47 Å². The fraction of sp³-hybridized carbons (Fsp3) is 0.286. The maximum atomic E-state index is 12.7. The molecule has 0 saturated carbocycles. The van der Waals surface area contributed by atoms with Gasteiger partial charge in [-0.2, -0.15) is 13.2 Å². The van der Waals surface area contributed by atoms with Gasteiger partial charge in [-0.25, -0.2) is 0 Å². The minimum absolute atomic E-state index is 0.322. The van der Waals surface area contributed by atoms with E-state index < -0.39 is 29.8 Å². The quantitative estimate of drug-likeness (QED) is 0.778. The molecule has 9 heteroatoms. The van der Waals surface area contributed by atoms with Gasteiger partial charge in [0, 0.05) is 34.0 Å². The summed E-state index contributed by atoms with van der Waals surface area (Å²) < 4.78 is 39.7. The summed E-state index contributed by atoms with van der Waals surface area (Å²) in [5.41, 5.74) is -1.62. The molecule has 0 radical (unpaired) electrons. The normalized spacial score (nSPS) is 11.5. The lowest BCUT2D eigenvalue weighted by Crippen LogP contribution is -2.33. The summed E-state index contributed by atoms with van der Waals surface area (Å²) in [7, 11) is 1.54. The summed E-state index contributed by atoms with van der Waals surface area (Å²) in [6.45, 7) is -0.116. The molecule has 0 unspecified atom stereocenters. The van der Waals surface area contributed by atoms with Crippen molar-refractivity contribution in [2.75, 3.05) is 7.05 Å². The maximum Gasteiger partial charge on any atom is 0.417 e. The Balaban J connectivity index is 2.11. The number of pyridine rings is 1. The van der Waals surface area contributed by atoms with Gasteiger partial charge in [-0.3, -0.25) is 9.59 Å². The molecule has 0 atom stereocenters. The van der Waals surface area contributed by atoms with E-state index >= 15 is 0 Å². The second-order valence-electron chi connectivity index (χ2n) is 4.86. The van der Waals surface area contributed by atoms with Gasteiger partial charge in [-0.05, 0) is 28.1 Å². The minimum Gasteiger partial charge on any atom is -0.339 e. The summed E-state index contributed by atoms with van der Waals surface area (Å²) in [5, 5.41) is 1.87. The molecule has 124 valence electrons. The first-order valence-electron chi connectivity index (χ1n) is 6.41. The van der Waals surface area contributed by atoms with Crippen molar-refractivity contribution in [2.45, 2.75) is 19.3 Å². The third kappa shape index (κ3) is 4.68. The van der Waals surface area contributed by atoms with E-state index in [4.69, 9.17) is 0 Å². The summed E-state index contributed by atoms with van der Waals surface area (Å²) in [5.74, 6) is -0.448. The van der Waals surface area contributed by atoms with Crippen LogP contribution in [0.25, 0.3) is 0 Å². The third-order valence-corrected chi connectivity index (χ3v) is 4.74. The molecular formula is C14H12BrF3N2O2S. The zero-order valence-electron chi connectivity index (χ0n) is 11.9. The monoisotopic (exact) mass is 408 g/mol. The molecule has 0 bridgehead atoms. The van der Waals surface area contributed by atoms with Gasteiger partial charge in [-0.15, -0.1) is 11.3 Å². The molecule has 2 aromatic rings. The molecule has 0 fully saturated rings. The van der Waals surface area contributed by atoms with E-state index in [1.165, 1.54) is 23.3 Å². The zero-order chi connectivity index (χ0) is 17.2. The van der Waals surface area contributed by atoms with Gasteiger partial charge in [0.1, 0.15) is 6.54 Å². The van der Waals surface area contributed by atoms with Crippen LogP contribution in [0.4, 0.5) is 13.2 Å². The van der Waals surface area contributed by atoms with E-state index in [0.717, 1.165) is 20.0 Å². The molecule has 4 nitrogen and oxygen atoms in total. The average molecular weight is 409 g/mol. The van der Waals surface area contributed by atoms with Gasteiger partial charge in [0.25, 0.3) is 5.56 Å². The summed E-state index contributed by atoms with van der Waals surface area (Å²) in [6.07, 6.45) is -3.90. The van der Waals surface area contributed by atoms with E-state index in [9.17, 15) is 22.8 Å². The molecule has 23 heavy (non-hydrogen) atoms. The Morgan fingerprint density at radius 1 is 1.39 bits per heavy atom. The summed E-state index contributed by atoms with van der Waals surface area (Å²) in [6, 6.07) is 3.37. The Kier molecular flexibility index (Phi) is 5.30. The lowest BCUT2D eigenvalue weighted by molar-refractivity contribution is -0.138. The Hall–Kier alpha value is -1.61. The Labute approximate surface area is 142 Å². The number of hydrogen-bond donors (Lipinski definition) is 0. The molecule has 0 aliphatic rings. The molecule has 0 aliphatic heterocycles. The van der Waals surface area contributed by atoms with Gasteiger partial charge in [-0.1, -0.05) is 0 Å². The number of nitrogens with zero attached hydrogens (tertiary/aromatic N) is 2. The summed E-state index contributed by atoms with van der Waals surface area (Å²) >= 11 is 4.76. The number of rotatable bonds is 4. The van der Waals surface area contributed by atoms with Crippen LogP contribution in [0.1, 0.15) is 10.4 Å². The maximum absolute atomic E-state index is 12.7. The van der Waals surface area contributed by atoms with Gasteiger partial charge in [0.2, 0.25) is 5.91 Å². The van der Waals surface area contributed by atoms with Gasteiger partial charge < -0.3 is 9.47 Å². The molecule has 2 aromatic heterocycles. The standard InChI is InChI=1S/C14H12BrF3N2O2S/c1-19(6-11-4-10(15)8-23-11)13(22)7-20-5-9(14(16,17)18)2-3-12(20)21/h2-5,8H,6-7H2,1H3. The van der Waals surface area contributed by atoms with Crippen molar-refractivity contribution in [3.05, 3.63) is 55.0 Å². The number of hydrogen-bond acceptors (Lipinski definition) is 3. The first-order valence-corrected chi connectivity index (χ1v) is 8.08. The number of likely N-dealkylation sites (N-methyl/N-ethyl adjacent to an activating group) is 1. The van der Waals surface area contributed by atoms with Crippen LogP contribution in [0.15, 0.2) is 39.0 Å². The average Bonchev–Trinajstić information content (AvgIpc) is 2.85. The number of halogens is 4. The van der Waals surface area contributed by atoms with Crippen LogP contribution in [0.5, 0.6) is 0 Å². The second kappa shape index (κ2) is 6.88. The number of aromatic nitrogens is 1. The highest BCUT2D eigenvalue weighted by Crippen LogP contribution is 2.28. The first kappa shape index (κ1) is 17.7. The molecule has 0 spiro atoms. The van der Waals surface area contributed by atoms with Gasteiger partial charge in [0.15, 0.2) is 0 Å². The van der Waals surface area contributed by atoms with Crippen molar-refractivity contribution in [1.29, 1.82) is 0 Å². The number of carbonyl (C=O) groups is 1. The molecule has 0 aromatic carbocycles. The molecule has 0 N–H and O–H groups in total. The molecule has 1 amide bonds. The number of thiophene rings is 1. The number of amides is 1. The predicted octanol–water partition coefficient (Wildman–Crippen LogP) is 3.35. The Bertz CT molecular complexity index is 770. The SMILES string of the molecule is CN(Cc1cc(Br)cs1)C(=O)Cn1cc(C(F)(F)F)ccc1=O. The predicted molar refractivity (Wildman–Crippen MR) is 84.2 cm³/mol. The lowest BCUT2D eigenvalue weighted by atomic mass is 10.2. The molecule has 2 rings (SSSR count). The van der Waals surface area contributed by atoms with E-state index in [1.807, 2.05) is 11.4 Å². The summed E-state index contributed by atoms with van der Waals surface area (Å²) in [4.78, 5) is 26.0. The molecule has 0 saturated heterocycles. The van der Waals surface area contributed by atoms with Crippen LogP contribution in [-0.4, -0.2) is 22.4 Å². The first-order chi connectivity index (χ1) is 10.7. The van der Waals surface area contributed by atoms with E-state index in [2.05, 4.69) is 15.9 Å². The van der Waals surface area contributed by atoms with Crippen LogP contribution in [-0.2, 0) is 24.1 Å². The van der Waals surface area contributed by atoms with Crippen LogP contribution in [0, 0.1) is 0 Å². The van der Waals surface area contributed by atoms with Crippen molar-refractivity contribution in [3.8, 4) is 0 Å². The zero-order valence-corrected chi connectivity index (χ0v) is 14.3. The van der Waals surface area contributed by atoms with Crippen molar-refractivity contribution < 1.29 is 18.0 Å². The van der Waals surface area contributed by atoms with Gasteiger partial charge >= 0.3 is 6.18 Å².